The van der Waals surface area contributed by atoms with Gasteiger partial charge in [-0.2, -0.15) is 0 Å². The van der Waals surface area contributed by atoms with Crippen LogP contribution in [0.15, 0.2) is 73.8 Å². The number of hydrogen-bond donors (Lipinski definition) is 0. The zero-order valence-electron chi connectivity index (χ0n) is 30.7. The molecule has 2 aromatic rings. The predicted molar refractivity (Wildman–Crippen MR) is 197 cm³/mol. The van der Waals surface area contributed by atoms with Gasteiger partial charge in [-0.3, -0.25) is 19.2 Å². The van der Waals surface area contributed by atoms with E-state index in [4.69, 9.17) is 28.4 Å². The van der Waals surface area contributed by atoms with Crippen LogP contribution in [0, 0.1) is 23.7 Å². The van der Waals surface area contributed by atoms with E-state index in [0.717, 1.165) is 23.3 Å². The molecule has 2 aromatic carbocycles. The molecule has 0 N–H and O–H groups in total. The van der Waals surface area contributed by atoms with Crippen LogP contribution >= 0.6 is 0 Å². The van der Waals surface area contributed by atoms with Crippen molar-refractivity contribution < 1.29 is 57.2 Å². The van der Waals surface area contributed by atoms with E-state index in [1.165, 1.54) is 0 Å². The minimum atomic E-state index is -0.476. The maximum atomic E-state index is 12.9. The number of rotatable bonds is 19. The highest BCUT2D eigenvalue weighted by atomic mass is 16.6. The highest BCUT2D eigenvalue weighted by Gasteiger charge is 2.33. The third-order valence-electron chi connectivity index (χ3n) is 9.65. The summed E-state index contributed by atoms with van der Waals surface area (Å²) >= 11 is 0. The van der Waals surface area contributed by atoms with Crippen LogP contribution in [0.1, 0.15) is 77.0 Å². The first-order valence-electron chi connectivity index (χ1n) is 18.7. The smallest absolute Gasteiger partial charge is 0.330 e. The molecule has 0 aromatic heterocycles. The molecule has 0 spiro atoms. The average Bonchev–Trinajstić information content (AvgIpc) is 3.20. The predicted octanol–water partition coefficient (Wildman–Crippen LogP) is 6.88. The summed E-state index contributed by atoms with van der Waals surface area (Å²) in [4.78, 5) is 72.7. The fourth-order valence-electron chi connectivity index (χ4n) is 6.41. The summed E-state index contributed by atoms with van der Waals surface area (Å²) in [6.07, 6.45) is 8.95. The zero-order chi connectivity index (χ0) is 38.7. The number of esters is 6. The molecule has 0 saturated heterocycles. The Bertz CT molecular complexity index is 1460. The highest BCUT2D eigenvalue weighted by molar-refractivity contribution is 5.81. The van der Waals surface area contributed by atoms with Gasteiger partial charge in [0.05, 0.1) is 50.1 Å². The quantitative estimate of drug-likeness (QED) is 0.0483. The molecule has 0 amide bonds. The van der Waals surface area contributed by atoms with E-state index in [2.05, 4.69) is 13.2 Å². The van der Waals surface area contributed by atoms with Gasteiger partial charge >= 0.3 is 35.8 Å². The lowest BCUT2D eigenvalue weighted by Crippen LogP contribution is -2.29. The van der Waals surface area contributed by atoms with Gasteiger partial charge in [0.1, 0.15) is 11.5 Å². The van der Waals surface area contributed by atoms with Gasteiger partial charge in [0.15, 0.2) is 0 Å². The fourth-order valence-corrected chi connectivity index (χ4v) is 6.41. The molecule has 0 bridgehead atoms. The van der Waals surface area contributed by atoms with Crippen molar-refractivity contribution in [2.75, 3.05) is 26.4 Å². The van der Waals surface area contributed by atoms with Gasteiger partial charge < -0.3 is 28.4 Å². The SMILES string of the molecule is C=CC(=O)OCCCCOC(=O)C1CCC(C(=O)Oc2ccc(-c3ccc(OC(=O)C4CCC(C(=O)OCCCCOC(=O)C=C)CC4)cc3)cc2)CC1. The summed E-state index contributed by atoms with van der Waals surface area (Å²) in [6, 6.07) is 14.3. The summed E-state index contributed by atoms with van der Waals surface area (Å²) in [5.41, 5.74) is 1.79. The second-order valence-electron chi connectivity index (χ2n) is 13.5. The standard InChI is InChI=1S/C42H50O12/c1-3-37(43)49-25-5-7-27-51-39(45)31-9-13-33(14-10-31)41(47)53-35-21-17-29(18-22-35)30-19-23-36(24-20-30)54-42(48)34-15-11-32(12-16-34)40(46)52-28-8-6-26-50-38(44)4-2/h3-4,17-24,31-34H,1-2,5-16,25-28H2. The van der Waals surface area contributed by atoms with Gasteiger partial charge in [-0.15, -0.1) is 0 Å². The molecule has 54 heavy (non-hydrogen) atoms. The Kier molecular flexibility index (Phi) is 17.0. The molecule has 2 aliphatic carbocycles. The second kappa shape index (κ2) is 22.1. The van der Waals surface area contributed by atoms with Crippen LogP contribution < -0.4 is 9.47 Å². The van der Waals surface area contributed by atoms with E-state index in [0.29, 0.717) is 88.5 Å². The molecule has 2 fully saturated rings. The third-order valence-corrected chi connectivity index (χ3v) is 9.65. The topological polar surface area (TPSA) is 158 Å². The molecule has 2 saturated carbocycles. The minimum Gasteiger partial charge on any atom is -0.465 e. The number of hydrogen-bond acceptors (Lipinski definition) is 12. The Morgan fingerprint density at radius 1 is 0.444 bits per heavy atom. The largest absolute Gasteiger partial charge is 0.465 e. The number of carbonyl (C=O) groups excluding carboxylic acids is 6. The van der Waals surface area contributed by atoms with Gasteiger partial charge in [0, 0.05) is 12.2 Å². The van der Waals surface area contributed by atoms with Gasteiger partial charge in [-0.25, -0.2) is 9.59 Å². The van der Waals surface area contributed by atoms with Crippen molar-refractivity contribution >= 4 is 35.8 Å². The molecule has 12 nitrogen and oxygen atoms in total. The maximum absolute atomic E-state index is 12.9. The number of benzene rings is 2. The van der Waals surface area contributed by atoms with E-state index < -0.39 is 11.9 Å². The summed E-state index contributed by atoms with van der Waals surface area (Å²) in [5, 5.41) is 0. The van der Waals surface area contributed by atoms with Gasteiger partial charge in [-0.05, 0) is 112 Å². The molecule has 4 rings (SSSR count). The molecule has 0 radical (unpaired) electrons. The molecule has 2 aliphatic rings. The van der Waals surface area contributed by atoms with Crippen LogP contribution in [0.5, 0.6) is 11.5 Å². The molecule has 290 valence electrons. The number of unbranched alkanes of at least 4 members (excludes halogenated alkanes) is 2. The van der Waals surface area contributed by atoms with Crippen LogP contribution in [-0.2, 0) is 47.7 Å². The van der Waals surface area contributed by atoms with Crippen LogP contribution in [-0.4, -0.2) is 62.2 Å². The van der Waals surface area contributed by atoms with Crippen molar-refractivity contribution in [3.05, 3.63) is 73.8 Å². The van der Waals surface area contributed by atoms with E-state index >= 15 is 0 Å². The first-order valence-corrected chi connectivity index (χ1v) is 18.7. The minimum absolute atomic E-state index is 0.244. The van der Waals surface area contributed by atoms with Crippen molar-refractivity contribution in [2.24, 2.45) is 23.7 Å². The lowest BCUT2D eigenvalue weighted by Gasteiger charge is -2.26. The van der Waals surface area contributed by atoms with Crippen LogP contribution in [0.25, 0.3) is 11.1 Å². The van der Waals surface area contributed by atoms with E-state index in [1.807, 2.05) is 24.3 Å². The Labute approximate surface area is 316 Å². The summed E-state index contributed by atoms with van der Waals surface area (Å²) in [7, 11) is 0. The lowest BCUT2D eigenvalue weighted by atomic mass is 9.82. The van der Waals surface area contributed by atoms with E-state index in [9.17, 15) is 28.8 Å². The average molecular weight is 747 g/mol. The summed E-state index contributed by atoms with van der Waals surface area (Å²) < 4.78 is 31.9. The highest BCUT2D eigenvalue weighted by Crippen LogP contribution is 2.33. The van der Waals surface area contributed by atoms with Crippen LogP contribution in [0.4, 0.5) is 0 Å². The first-order chi connectivity index (χ1) is 26.2. The lowest BCUT2D eigenvalue weighted by molar-refractivity contribution is -0.152. The van der Waals surface area contributed by atoms with Crippen molar-refractivity contribution in [1.29, 1.82) is 0 Å². The molecule has 0 atom stereocenters. The van der Waals surface area contributed by atoms with Gasteiger partial charge in [-0.1, -0.05) is 37.4 Å². The molecular weight excluding hydrogens is 696 g/mol. The van der Waals surface area contributed by atoms with Crippen LogP contribution in [0.2, 0.25) is 0 Å². The van der Waals surface area contributed by atoms with Crippen molar-refractivity contribution in [1.82, 2.24) is 0 Å². The molecule has 0 aliphatic heterocycles. The molecular formula is C42H50O12. The fraction of sp³-hybridized carbons (Fsp3) is 0.476. The summed E-state index contributed by atoms with van der Waals surface area (Å²) in [5.74, 6) is -2.32. The Morgan fingerprint density at radius 3 is 1.02 bits per heavy atom. The van der Waals surface area contributed by atoms with Crippen molar-refractivity contribution in [2.45, 2.75) is 77.0 Å². The Morgan fingerprint density at radius 2 is 0.722 bits per heavy atom. The molecule has 0 heterocycles. The van der Waals surface area contributed by atoms with Gasteiger partial charge in [0.2, 0.25) is 0 Å². The van der Waals surface area contributed by atoms with E-state index in [1.54, 1.807) is 24.3 Å². The third kappa shape index (κ3) is 13.6. The maximum Gasteiger partial charge on any atom is 0.330 e. The van der Waals surface area contributed by atoms with Crippen LogP contribution in [0.3, 0.4) is 0 Å². The van der Waals surface area contributed by atoms with E-state index in [-0.39, 0.29) is 74.0 Å². The number of ether oxygens (including phenoxy) is 6. The number of carbonyl (C=O) groups is 6. The van der Waals surface area contributed by atoms with Crippen molar-refractivity contribution in [3.8, 4) is 22.6 Å². The zero-order valence-corrected chi connectivity index (χ0v) is 30.7. The monoisotopic (exact) mass is 746 g/mol. The molecule has 12 heteroatoms. The Hall–Kier alpha value is -5.26. The molecule has 0 unspecified atom stereocenters. The summed E-state index contributed by atoms with van der Waals surface area (Å²) in [6.45, 7) is 7.69. The second-order valence-corrected chi connectivity index (χ2v) is 13.5. The first kappa shape index (κ1) is 41.5. The Balaban J connectivity index is 1.11. The van der Waals surface area contributed by atoms with Gasteiger partial charge in [0.25, 0.3) is 0 Å². The normalized spacial score (nSPS) is 19.3. The van der Waals surface area contributed by atoms with Crippen molar-refractivity contribution in [3.63, 3.8) is 0 Å².